The molecule has 0 unspecified atom stereocenters. The molecule has 0 fully saturated rings. The lowest BCUT2D eigenvalue weighted by molar-refractivity contribution is 0.673. The summed E-state index contributed by atoms with van der Waals surface area (Å²) in [5.41, 5.74) is 6.93. The van der Waals surface area contributed by atoms with Gasteiger partial charge in [0.05, 0.1) is 0 Å². The third-order valence-corrected chi connectivity index (χ3v) is 3.62. The number of rotatable bonds is 0. The van der Waals surface area contributed by atoms with Gasteiger partial charge in [-0.2, -0.15) is 0 Å². The lowest BCUT2D eigenvalue weighted by atomic mass is 9.89. The van der Waals surface area contributed by atoms with Gasteiger partial charge in [0.1, 0.15) is 0 Å². The molecule has 0 amide bonds. The molecule has 0 bridgehead atoms. The minimum atomic E-state index is 0. The topological polar surface area (TPSA) is 0 Å². The maximum absolute atomic E-state index is 2.37. The molecule has 14 heavy (non-hydrogen) atoms. The largest absolute Gasteiger partial charge is 0.147 e. The monoisotopic (exact) mass is 208 g/mol. The molecule has 0 aliphatic heterocycles. The van der Waals surface area contributed by atoms with Crippen LogP contribution in [0.2, 0.25) is 0 Å². The highest BCUT2D eigenvalue weighted by Crippen LogP contribution is 2.44. The molecule has 0 radical (unpaired) electrons. The molecule has 3 aliphatic carbocycles. The molecule has 0 N–H and O–H groups in total. The normalized spacial score (nSPS) is 24.6. The number of halogens is 1. The lowest BCUT2D eigenvalue weighted by Gasteiger charge is -2.17. The van der Waals surface area contributed by atoms with E-state index in [2.05, 4.69) is 12.2 Å². The molecule has 0 aromatic heterocycles. The molecule has 1 heteroatoms. The van der Waals surface area contributed by atoms with Crippen LogP contribution in [0.4, 0.5) is 0 Å². The Balaban J connectivity index is 0.000000750. The van der Waals surface area contributed by atoms with Crippen molar-refractivity contribution < 1.29 is 0 Å². The first kappa shape index (κ1) is 10.0. The second kappa shape index (κ2) is 3.94. The fourth-order valence-corrected chi connectivity index (χ4v) is 2.98. The van der Waals surface area contributed by atoms with Crippen molar-refractivity contribution in [3.8, 4) is 0 Å². The fraction of sp³-hybridized carbons (Fsp3) is 0.538. The van der Waals surface area contributed by atoms with E-state index in [4.69, 9.17) is 0 Å². The van der Waals surface area contributed by atoms with Crippen LogP contribution in [0.1, 0.15) is 44.9 Å². The second-order valence-electron chi connectivity index (χ2n) is 4.41. The molecular weight excluding hydrogens is 192 g/mol. The summed E-state index contributed by atoms with van der Waals surface area (Å²) in [5, 5.41) is 0. The molecule has 3 aliphatic rings. The van der Waals surface area contributed by atoms with Crippen LogP contribution in [0, 0.1) is 0 Å². The Morgan fingerprint density at radius 1 is 0.929 bits per heavy atom. The average Bonchev–Trinajstić information content (AvgIpc) is 2.56. The number of hydrogen-bond acceptors (Lipinski definition) is 0. The van der Waals surface area contributed by atoms with Crippen molar-refractivity contribution in [2.45, 2.75) is 44.9 Å². The zero-order chi connectivity index (χ0) is 8.67. The van der Waals surface area contributed by atoms with Gasteiger partial charge in [0.15, 0.2) is 0 Å². The molecule has 0 atom stereocenters. The minimum absolute atomic E-state index is 0. The van der Waals surface area contributed by atoms with Crippen molar-refractivity contribution in [1.82, 2.24) is 0 Å². The first-order valence-electron chi connectivity index (χ1n) is 5.55. The summed E-state index contributed by atoms with van der Waals surface area (Å²) in [5.74, 6) is 0. The molecule has 0 saturated heterocycles. The van der Waals surface area contributed by atoms with Gasteiger partial charge < -0.3 is 0 Å². The van der Waals surface area contributed by atoms with Gasteiger partial charge in [-0.15, -0.1) is 12.4 Å². The van der Waals surface area contributed by atoms with E-state index in [0.29, 0.717) is 0 Å². The lowest BCUT2D eigenvalue weighted by Crippen LogP contribution is -1.97. The Hall–Kier alpha value is -0.490. The van der Waals surface area contributed by atoms with Crippen LogP contribution in [0.25, 0.3) is 0 Å². The number of hydrogen-bond donors (Lipinski definition) is 0. The van der Waals surface area contributed by atoms with Gasteiger partial charge in [-0.3, -0.25) is 0 Å². The van der Waals surface area contributed by atoms with E-state index in [0.717, 1.165) is 0 Å². The highest BCUT2D eigenvalue weighted by Gasteiger charge is 2.25. The van der Waals surface area contributed by atoms with Crippen molar-refractivity contribution in [1.29, 1.82) is 0 Å². The zero-order valence-electron chi connectivity index (χ0n) is 8.51. The number of fused-ring (bicyclic) bond motifs is 1. The van der Waals surface area contributed by atoms with Crippen LogP contribution in [-0.4, -0.2) is 0 Å². The predicted octanol–water partition coefficient (Wildman–Crippen LogP) is 4.33. The van der Waals surface area contributed by atoms with Gasteiger partial charge in [0.2, 0.25) is 0 Å². The van der Waals surface area contributed by atoms with Crippen molar-refractivity contribution in [2.24, 2.45) is 0 Å². The van der Waals surface area contributed by atoms with E-state index in [1.54, 1.807) is 22.3 Å². The van der Waals surface area contributed by atoms with Crippen LogP contribution < -0.4 is 0 Å². The highest BCUT2D eigenvalue weighted by molar-refractivity contribution is 5.85. The fourth-order valence-electron chi connectivity index (χ4n) is 2.98. The summed E-state index contributed by atoms with van der Waals surface area (Å²) in [6.45, 7) is 0. The molecular formula is C13H17Cl. The third kappa shape index (κ3) is 1.46. The summed E-state index contributed by atoms with van der Waals surface area (Å²) in [6, 6.07) is 0. The smallest absolute Gasteiger partial charge is 0.00585 e. The first-order valence-corrected chi connectivity index (χ1v) is 5.55. The SMILES string of the molecule is C1=CC2=C(CC1)C1=C(CCCC1)C2.Cl. The van der Waals surface area contributed by atoms with Crippen LogP contribution in [0.3, 0.4) is 0 Å². The van der Waals surface area contributed by atoms with Gasteiger partial charge in [-0.05, 0) is 61.7 Å². The van der Waals surface area contributed by atoms with Gasteiger partial charge in [0, 0.05) is 0 Å². The van der Waals surface area contributed by atoms with Crippen molar-refractivity contribution >= 4 is 12.4 Å². The Labute approximate surface area is 92.2 Å². The Morgan fingerprint density at radius 3 is 2.71 bits per heavy atom. The molecule has 76 valence electrons. The van der Waals surface area contributed by atoms with Crippen LogP contribution >= 0.6 is 12.4 Å². The van der Waals surface area contributed by atoms with E-state index in [1.807, 2.05) is 0 Å². The second-order valence-corrected chi connectivity index (χ2v) is 4.41. The number of allylic oxidation sites excluding steroid dienone is 6. The predicted molar refractivity (Wildman–Crippen MR) is 62.8 cm³/mol. The van der Waals surface area contributed by atoms with Gasteiger partial charge in [-0.25, -0.2) is 0 Å². The quantitative estimate of drug-likeness (QED) is 0.556. The van der Waals surface area contributed by atoms with E-state index in [9.17, 15) is 0 Å². The maximum Gasteiger partial charge on any atom is -0.00585 e. The van der Waals surface area contributed by atoms with Crippen LogP contribution in [0.15, 0.2) is 34.4 Å². The standard InChI is InChI=1S/C13H16.ClH/c1-3-7-12-10(5-1)9-11-6-2-4-8-13(11)12;/h1,5H,2-4,6-9H2;1H. The average molecular weight is 209 g/mol. The van der Waals surface area contributed by atoms with Crippen molar-refractivity contribution in [2.75, 3.05) is 0 Å². The minimum Gasteiger partial charge on any atom is -0.147 e. The first-order chi connectivity index (χ1) is 6.45. The zero-order valence-corrected chi connectivity index (χ0v) is 9.33. The van der Waals surface area contributed by atoms with E-state index in [-0.39, 0.29) is 12.4 Å². The van der Waals surface area contributed by atoms with Crippen LogP contribution in [0.5, 0.6) is 0 Å². The summed E-state index contributed by atoms with van der Waals surface area (Å²) in [7, 11) is 0. The Morgan fingerprint density at radius 2 is 1.79 bits per heavy atom. The van der Waals surface area contributed by atoms with Gasteiger partial charge >= 0.3 is 0 Å². The Bertz CT molecular complexity index is 331. The molecule has 0 heterocycles. The molecule has 0 aromatic rings. The molecule has 0 saturated carbocycles. The van der Waals surface area contributed by atoms with Crippen molar-refractivity contribution in [3.05, 3.63) is 34.4 Å². The molecule has 3 rings (SSSR count). The maximum atomic E-state index is 2.37. The van der Waals surface area contributed by atoms with Crippen molar-refractivity contribution in [3.63, 3.8) is 0 Å². The van der Waals surface area contributed by atoms with E-state index in [1.165, 1.54) is 44.9 Å². The molecule has 0 spiro atoms. The van der Waals surface area contributed by atoms with E-state index >= 15 is 0 Å². The third-order valence-electron chi connectivity index (χ3n) is 3.62. The molecule has 0 nitrogen and oxygen atoms in total. The molecule has 0 aromatic carbocycles. The summed E-state index contributed by atoms with van der Waals surface area (Å²) in [6.07, 6.45) is 14.2. The Kier molecular flexibility index (Phi) is 2.83. The van der Waals surface area contributed by atoms with E-state index < -0.39 is 0 Å². The summed E-state index contributed by atoms with van der Waals surface area (Å²) >= 11 is 0. The van der Waals surface area contributed by atoms with Gasteiger partial charge in [-0.1, -0.05) is 17.7 Å². The summed E-state index contributed by atoms with van der Waals surface area (Å²) < 4.78 is 0. The summed E-state index contributed by atoms with van der Waals surface area (Å²) in [4.78, 5) is 0. The highest BCUT2D eigenvalue weighted by atomic mass is 35.5. The van der Waals surface area contributed by atoms with Gasteiger partial charge in [0.25, 0.3) is 0 Å². The van der Waals surface area contributed by atoms with Crippen LogP contribution in [-0.2, 0) is 0 Å².